The zero-order valence-corrected chi connectivity index (χ0v) is 9.41. The average molecular weight is 235 g/mol. The minimum atomic E-state index is 0.534. The van der Waals surface area contributed by atoms with Gasteiger partial charge in [-0.15, -0.1) is 0 Å². The molecule has 0 atom stereocenters. The molecule has 4 heteroatoms. The van der Waals surface area contributed by atoms with E-state index in [-0.39, 0.29) is 0 Å². The van der Waals surface area contributed by atoms with Crippen LogP contribution in [0.25, 0.3) is 0 Å². The van der Waals surface area contributed by atoms with Crippen molar-refractivity contribution in [2.45, 2.75) is 0 Å². The number of rotatable bonds is 2. The molecule has 1 N–H and O–H groups in total. The van der Waals surface area contributed by atoms with Gasteiger partial charge in [0.15, 0.2) is 0 Å². The molecule has 0 saturated heterocycles. The number of hydrogen-bond donors (Lipinski definition) is 1. The van der Waals surface area contributed by atoms with Crippen LogP contribution >= 0.6 is 0 Å². The first-order valence-corrected chi connectivity index (χ1v) is 5.24. The van der Waals surface area contributed by atoms with Crippen LogP contribution in [0.15, 0.2) is 48.5 Å². The number of nitriles is 2. The third kappa shape index (κ3) is 2.30. The fraction of sp³-hybridized carbons (Fsp3) is 0. The van der Waals surface area contributed by atoms with Gasteiger partial charge in [-0.05, 0) is 48.5 Å². The Hall–Kier alpha value is -2.82. The molecule has 0 aliphatic carbocycles. The van der Waals surface area contributed by atoms with Crippen molar-refractivity contribution in [2.75, 3.05) is 5.06 Å². The quantitative estimate of drug-likeness (QED) is 0.812. The van der Waals surface area contributed by atoms with Gasteiger partial charge in [-0.3, -0.25) is 5.21 Å². The zero-order chi connectivity index (χ0) is 13.0. The number of benzene rings is 2. The maximum absolute atomic E-state index is 9.99. The SMILES string of the molecule is N#Cc1ccc(N(O)c2ccc(C#N)cc2)cc1. The van der Waals surface area contributed by atoms with E-state index in [2.05, 4.69) is 0 Å². The van der Waals surface area contributed by atoms with Crippen molar-refractivity contribution in [2.24, 2.45) is 0 Å². The van der Waals surface area contributed by atoms with Crippen LogP contribution in [0.1, 0.15) is 11.1 Å². The molecular formula is C14H9N3O. The van der Waals surface area contributed by atoms with Gasteiger partial charge in [0.05, 0.1) is 34.6 Å². The molecule has 0 aliphatic heterocycles. The molecule has 2 aromatic rings. The van der Waals surface area contributed by atoms with Crippen molar-refractivity contribution in [1.29, 1.82) is 10.5 Å². The van der Waals surface area contributed by atoms with Crippen molar-refractivity contribution >= 4 is 11.4 Å². The Morgan fingerprint density at radius 2 is 1.06 bits per heavy atom. The summed E-state index contributed by atoms with van der Waals surface area (Å²) >= 11 is 0. The first-order chi connectivity index (χ1) is 8.74. The van der Waals surface area contributed by atoms with Crippen LogP contribution < -0.4 is 5.06 Å². The van der Waals surface area contributed by atoms with Crippen molar-refractivity contribution in [3.05, 3.63) is 59.7 Å². The third-order valence-electron chi connectivity index (χ3n) is 2.48. The maximum Gasteiger partial charge on any atom is 0.0991 e. The van der Waals surface area contributed by atoms with E-state index in [0.29, 0.717) is 22.5 Å². The van der Waals surface area contributed by atoms with E-state index < -0.39 is 0 Å². The van der Waals surface area contributed by atoms with Gasteiger partial charge in [-0.2, -0.15) is 10.5 Å². The second-order valence-electron chi connectivity index (χ2n) is 3.63. The van der Waals surface area contributed by atoms with Crippen LogP contribution in [-0.4, -0.2) is 5.21 Å². The van der Waals surface area contributed by atoms with Crippen LogP contribution in [0.4, 0.5) is 11.4 Å². The molecule has 0 bridgehead atoms. The summed E-state index contributed by atoms with van der Waals surface area (Å²) < 4.78 is 0. The van der Waals surface area contributed by atoms with Crippen molar-refractivity contribution in [3.63, 3.8) is 0 Å². The lowest BCUT2D eigenvalue weighted by Crippen LogP contribution is -2.10. The van der Waals surface area contributed by atoms with Crippen LogP contribution in [0, 0.1) is 22.7 Å². The van der Waals surface area contributed by atoms with E-state index >= 15 is 0 Å². The number of anilines is 2. The molecule has 4 nitrogen and oxygen atoms in total. The first kappa shape index (κ1) is 11.7. The molecule has 2 rings (SSSR count). The number of nitrogens with zero attached hydrogens (tertiary/aromatic N) is 3. The topological polar surface area (TPSA) is 71.1 Å². The molecule has 0 radical (unpaired) electrons. The van der Waals surface area contributed by atoms with Crippen molar-refractivity contribution < 1.29 is 5.21 Å². The Morgan fingerprint density at radius 3 is 1.33 bits per heavy atom. The van der Waals surface area contributed by atoms with Gasteiger partial charge in [-0.1, -0.05) is 0 Å². The summed E-state index contributed by atoms with van der Waals surface area (Å²) in [5.41, 5.74) is 2.18. The summed E-state index contributed by atoms with van der Waals surface area (Å²) in [7, 11) is 0. The highest BCUT2D eigenvalue weighted by molar-refractivity contribution is 5.61. The van der Waals surface area contributed by atoms with Gasteiger partial charge in [-0.25, -0.2) is 5.06 Å². The molecule has 0 aliphatic rings. The highest BCUT2D eigenvalue weighted by Crippen LogP contribution is 2.23. The lowest BCUT2D eigenvalue weighted by molar-refractivity contribution is 0.301. The standard InChI is InChI=1S/C14H9N3O/c15-9-11-1-5-13(6-2-11)17(18)14-7-3-12(10-16)4-8-14/h1-8,18H. The monoisotopic (exact) mass is 235 g/mol. The molecule has 86 valence electrons. The third-order valence-corrected chi connectivity index (χ3v) is 2.48. The Balaban J connectivity index is 2.27. The summed E-state index contributed by atoms with van der Waals surface area (Å²) in [6.45, 7) is 0. The van der Waals surface area contributed by atoms with E-state index in [1.165, 1.54) is 0 Å². The minimum Gasteiger partial charge on any atom is -0.284 e. The molecular weight excluding hydrogens is 226 g/mol. The van der Waals surface area contributed by atoms with Gasteiger partial charge in [0.25, 0.3) is 0 Å². The maximum atomic E-state index is 9.99. The number of hydrogen-bond acceptors (Lipinski definition) is 4. The van der Waals surface area contributed by atoms with Crippen LogP contribution in [0.5, 0.6) is 0 Å². The van der Waals surface area contributed by atoms with Gasteiger partial charge < -0.3 is 0 Å². The largest absolute Gasteiger partial charge is 0.284 e. The Labute approximate surface area is 105 Å². The first-order valence-electron chi connectivity index (χ1n) is 5.24. The Kier molecular flexibility index (Phi) is 3.24. The summed E-state index contributed by atoms with van der Waals surface area (Å²) in [4.78, 5) is 0. The Morgan fingerprint density at radius 1 is 0.722 bits per heavy atom. The van der Waals surface area contributed by atoms with Crippen LogP contribution in [-0.2, 0) is 0 Å². The molecule has 0 spiro atoms. The molecule has 0 saturated carbocycles. The molecule has 2 aromatic carbocycles. The van der Waals surface area contributed by atoms with Crippen molar-refractivity contribution in [1.82, 2.24) is 0 Å². The van der Waals surface area contributed by atoms with Gasteiger partial charge >= 0.3 is 0 Å². The average Bonchev–Trinajstić information content (AvgIpc) is 2.47. The van der Waals surface area contributed by atoms with Crippen LogP contribution in [0.3, 0.4) is 0 Å². The summed E-state index contributed by atoms with van der Waals surface area (Å²) in [6.07, 6.45) is 0. The van der Waals surface area contributed by atoms with Gasteiger partial charge in [0.2, 0.25) is 0 Å². The Bertz CT molecular complexity index is 561. The van der Waals surface area contributed by atoms with E-state index in [0.717, 1.165) is 5.06 Å². The highest BCUT2D eigenvalue weighted by Gasteiger charge is 2.05. The van der Waals surface area contributed by atoms with Crippen LogP contribution in [0.2, 0.25) is 0 Å². The molecule has 0 fully saturated rings. The minimum absolute atomic E-state index is 0.534. The van der Waals surface area contributed by atoms with E-state index in [9.17, 15) is 5.21 Å². The second kappa shape index (κ2) is 5.01. The lowest BCUT2D eigenvalue weighted by Gasteiger charge is -2.16. The molecule has 0 unspecified atom stereocenters. The smallest absolute Gasteiger partial charge is 0.0991 e. The highest BCUT2D eigenvalue weighted by atomic mass is 16.5. The zero-order valence-electron chi connectivity index (χ0n) is 9.41. The summed E-state index contributed by atoms with van der Waals surface area (Å²) in [5.74, 6) is 0. The molecule has 0 amide bonds. The normalized spacial score (nSPS) is 9.28. The van der Waals surface area contributed by atoms with E-state index in [1.807, 2.05) is 12.1 Å². The van der Waals surface area contributed by atoms with Gasteiger partial charge in [0, 0.05) is 0 Å². The van der Waals surface area contributed by atoms with E-state index in [4.69, 9.17) is 10.5 Å². The van der Waals surface area contributed by atoms with E-state index in [1.54, 1.807) is 48.5 Å². The lowest BCUT2D eigenvalue weighted by atomic mass is 10.2. The molecule has 0 aromatic heterocycles. The molecule has 0 heterocycles. The predicted molar refractivity (Wildman–Crippen MR) is 66.2 cm³/mol. The van der Waals surface area contributed by atoms with Crippen molar-refractivity contribution in [3.8, 4) is 12.1 Å². The summed E-state index contributed by atoms with van der Waals surface area (Å²) in [6, 6.07) is 17.1. The molecule has 18 heavy (non-hydrogen) atoms. The second-order valence-corrected chi connectivity index (χ2v) is 3.63. The fourth-order valence-corrected chi connectivity index (χ4v) is 1.50. The predicted octanol–water partition coefficient (Wildman–Crippen LogP) is 2.96. The van der Waals surface area contributed by atoms with Gasteiger partial charge in [0.1, 0.15) is 0 Å². The summed E-state index contributed by atoms with van der Waals surface area (Å²) in [5, 5.41) is 28.4. The fourth-order valence-electron chi connectivity index (χ4n) is 1.50.